The van der Waals surface area contributed by atoms with E-state index in [9.17, 15) is 4.79 Å². The molecule has 0 spiro atoms. The molecule has 3 nitrogen and oxygen atoms in total. The van der Waals surface area contributed by atoms with E-state index in [4.69, 9.17) is 0 Å². The molecular weight excluding hydrogens is 188 g/mol. The average Bonchev–Trinajstić information content (AvgIpc) is 3.00. The van der Waals surface area contributed by atoms with Gasteiger partial charge in [-0.2, -0.15) is 0 Å². The molecule has 1 saturated carbocycles. The molecule has 0 radical (unpaired) electrons. The quantitative estimate of drug-likeness (QED) is 0.763. The Morgan fingerprint density at radius 3 is 2.80 bits per heavy atom. The van der Waals surface area contributed by atoms with E-state index in [0.29, 0.717) is 5.91 Å². The summed E-state index contributed by atoms with van der Waals surface area (Å²) in [6.07, 6.45) is 8.23. The molecule has 1 N–H and O–H groups in total. The first kappa shape index (κ1) is 10.9. The van der Waals surface area contributed by atoms with Gasteiger partial charge in [0.25, 0.3) is 0 Å². The van der Waals surface area contributed by atoms with Crippen molar-refractivity contribution in [3.63, 3.8) is 0 Å². The van der Waals surface area contributed by atoms with Gasteiger partial charge in [-0.1, -0.05) is 12.8 Å². The highest BCUT2D eigenvalue weighted by molar-refractivity contribution is 5.76. The van der Waals surface area contributed by atoms with Crippen LogP contribution in [0, 0.1) is 0 Å². The van der Waals surface area contributed by atoms with Crippen molar-refractivity contribution >= 4 is 5.91 Å². The molecule has 86 valence electrons. The summed E-state index contributed by atoms with van der Waals surface area (Å²) in [6, 6.07) is 0.759. The fraction of sp³-hybridized carbons (Fsp3) is 0.917. The Morgan fingerprint density at radius 2 is 2.00 bits per heavy atom. The Balaban J connectivity index is 1.68. The largest absolute Gasteiger partial charge is 0.341 e. The van der Waals surface area contributed by atoms with Crippen molar-refractivity contribution in [1.29, 1.82) is 0 Å². The summed E-state index contributed by atoms with van der Waals surface area (Å²) in [5.74, 6) is 0.368. The second-order valence-corrected chi connectivity index (χ2v) is 4.77. The maximum absolute atomic E-state index is 11.8. The van der Waals surface area contributed by atoms with E-state index in [2.05, 4.69) is 10.2 Å². The van der Waals surface area contributed by atoms with E-state index < -0.39 is 0 Å². The van der Waals surface area contributed by atoms with Crippen LogP contribution in [0.3, 0.4) is 0 Å². The topological polar surface area (TPSA) is 32.3 Å². The standard InChI is InChI=1S/C12H22N2O/c15-12-5-3-1-2-4-9-14(12)10-8-13-11-6-7-11/h11,13H,1-10H2. The first-order chi connectivity index (χ1) is 7.36. The Hall–Kier alpha value is -0.570. The number of amides is 1. The molecule has 1 aliphatic carbocycles. The Morgan fingerprint density at radius 1 is 1.20 bits per heavy atom. The highest BCUT2D eigenvalue weighted by Crippen LogP contribution is 2.18. The molecule has 1 saturated heterocycles. The third-order valence-electron chi connectivity index (χ3n) is 3.31. The summed E-state index contributed by atoms with van der Waals surface area (Å²) < 4.78 is 0. The zero-order chi connectivity index (χ0) is 10.5. The van der Waals surface area contributed by atoms with Gasteiger partial charge in [-0.25, -0.2) is 0 Å². The van der Waals surface area contributed by atoms with E-state index in [1.807, 2.05) is 0 Å². The Kier molecular flexibility index (Phi) is 4.01. The van der Waals surface area contributed by atoms with Crippen molar-refractivity contribution < 1.29 is 4.79 Å². The molecule has 0 atom stereocenters. The summed E-state index contributed by atoms with van der Waals surface area (Å²) >= 11 is 0. The summed E-state index contributed by atoms with van der Waals surface area (Å²) in [6.45, 7) is 2.87. The molecule has 0 unspecified atom stereocenters. The zero-order valence-corrected chi connectivity index (χ0v) is 9.50. The zero-order valence-electron chi connectivity index (χ0n) is 9.50. The van der Waals surface area contributed by atoms with Crippen LogP contribution in [0.2, 0.25) is 0 Å². The first-order valence-corrected chi connectivity index (χ1v) is 6.37. The van der Waals surface area contributed by atoms with Gasteiger partial charge in [-0.15, -0.1) is 0 Å². The Bertz CT molecular complexity index is 214. The number of carbonyl (C=O) groups is 1. The molecular formula is C12H22N2O. The van der Waals surface area contributed by atoms with Crippen LogP contribution in [0.15, 0.2) is 0 Å². The van der Waals surface area contributed by atoms with Crippen LogP contribution in [-0.2, 0) is 4.79 Å². The normalized spacial score (nSPS) is 23.7. The average molecular weight is 210 g/mol. The van der Waals surface area contributed by atoms with E-state index in [1.165, 1.54) is 32.1 Å². The predicted molar refractivity (Wildman–Crippen MR) is 60.7 cm³/mol. The highest BCUT2D eigenvalue weighted by Gasteiger charge is 2.21. The first-order valence-electron chi connectivity index (χ1n) is 6.37. The van der Waals surface area contributed by atoms with Crippen molar-refractivity contribution in [1.82, 2.24) is 10.2 Å². The van der Waals surface area contributed by atoms with Crippen molar-refractivity contribution in [3.8, 4) is 0 Å². The lowest BCUT2D eigenvalue weighted by atomic mass is 10.1. The maximum atomic E-state index is 11.8. The van der Waals surface area contributed by atoms with Gasteiger partial charge < -0.3 is 10.2 Å². The molecule has 1 aliphatic heterocycles. The predicted octanol–water partition coefficient (Wildman–Crippen LogP) is 1.53. The third-order valence-corrected chi connectivity index (χ3v) is 3.31. The molecule has 2 fully saturated rings. The van der Waals surface area contributed by atoms with Crippen LogP contribution in [0.25, 0.3) is 0 Å². The van der Waals surface area contributed by atoms with E-state index in [0.717, 1.165) is 38.5 Å². The fourth-order valence-electron chi connectivity index (χ4n) is 2.14. The van der Waals surface area contributed by atoms with Crippen LogP contribution in [0.1, 0.15) is 44.9 Å². The van der Waals surface area contributed by atoms with Crippen LogP contribution in [0.5, 0.6) is 0 Å². The lowest BCUT2D eigenvalue weighted by molar-refractivity contribution is -0.131. The van der Waals surface area contributed by atoms with Gasteiger partial charge in [0.2, 0.25) is 5.91 Å². The number of nitrogens with zero attached hydrogens (tertiary/aromatic N) is 1. The van der Waals surface area contributed by atoms with Crippen molar-refractivity contribution in [2.24, 2.45) is 0 Å². The molecule has 0 aromatic rings. The summed E-state index contributed by atoms with van der Waals surface area (Å²) in [7, 11) is 0. The fourth-order valence-corrected chi connectivity index (χ4v) is 2.14. The van der Waals surface area contributed by atoms with Crippen molar-refractivity contribution in [2.75, 3.05) is 19.6 Å². The van der Waals surface area contributed by atoms with E-state index in [1.54, 1.807) is 0 Å². The lowest BCUT2D eigenvalue weighted by Gasteiger charge is -2.24. The van der Waals surface area contributed by atoms with Gasteiger partial charge in [-0.3, -0.25) is 4.79 Å². The number of carbonyl (C=O) groups excluding carboxylic acids is 1. The van der Waals surface area contributed by atoms with Gasteiger partial charge in [0.1, 0.15) is 0 Å². The summed E-state index contributed by atoms with van der Waals surface area (Å²) in [5.41, 5.74) is 0. The third kappa shape index (κ3) is 3.82. The number of hydrogen-bond acceptors (Lipinski definition) is 2. The molecule has 2 rings (SSSR count). The minimum Gasteiger partial charge on any atom is -0.341 e. The molecule has 1 amide bonds. The van der Waals surface area contributed by atoms with E-state index in [-0.39, 0.29) is 0 Å². The van der Waals surface area contributed by atoms with E-state index >= 15 is 0 Å². The second-order valence-electron chi connectivity index (χ2n) is 4.77. The molecule has 0 aromatic heterocycles. The van der Waals surface area contributed by atoms with Gasteiger partial charge in [0, 0.05) is 32.1 Å². The monoisotopic (exact) mass is 210 g/mol. The summed E-state index contributed by atoms with van der Waals surface area (Å²) in [5, 5.41) is 3.47. The van der Waals surface area contributed by atoms with Crippen LogP contribution in [0.4, 0.5) is 0 Å². The molecule has 2 aliphatic rings. The molecule has 0 bridgehead atoms. The second kappa shape index (κ2) is 5.50. The lowest BCUT2D eigenvalue weighted by Crippen LogP contribution is -2.38. The van der Waals surface area contributed by atoms with Crippen LogP contribution < -0.4 is 5.32 Å². The number of hydrogen-bond donors (Lipinski definition) is 1. The molecule has 0 aromatic carbocycles. The highest BCUT2D eigenvalue weighted by atomic mass is 16.2. The van der Waals surface area contributed by atoms with Gasteiger partial charge in [0.15, 0.2) is 0 Å². The van der Waals surface area contributed by atoms with Gasteiger partial charge in [0.05, 0.1) is 0 Å². The van der Waals surface area contributed by atoms with Crippen LogP contribution in [-0.4, -0.2) is 36.5 Å². The smallest absolute Gasteiger partial charge is 0.222 e. The number of likely N-dealkylation sites (tertiary alicyclic amines) is 1. The number of rotatable bonds is 4. The number of nitrogens with one attached hydrogen (secondary N) is 1. The molecule has 15 heavy (non-hydrogen) atoms. The minimum absolute atomic E-state index is 0.368. The minimum atomic E-state index is 0.368. The van der Waals surface area contributed by atoms with Crippen LogP contribution >= 0.6 is 0 Å². The molecule has 1 heterocycles. The van der Waals surface area contributed by atoms with Crippen molar-refractivity contribution in [2.45, 2.75) is 51.0 Å². The SMILES string of the molecule is O=C1CCCCCCN1CCNC1CC1. The Labute approximate surface area is 92.2 Å². The molecule has 3 heteroatoms. The maximum Gasteiger partial charge on any atom is 0.222 e. The summed E-state index contributed by atoms with van der Waals surface area (Å²) in [4.78, 5) is 13.8. The van der Waals surface area contributed by atoms with Gasteiger partial charge in [-0.05, 0) is 25.7 Å². The van der Waals surface area contributed by atoms with Gasteiger partial charge >= 0.3 is 0 Å². The van der Waals surface area contributed by atoms with Crippen molar-refractivity contribution in [3.05, 3.63) is 0 Å².